The van der Waals surface area contributed by atoms with Gasteiger partial charge in [0.2, 0.25) is 5.91 Å². The molecule has 10 heteroatoms. The fraction of sp³-hybridized carbons (Fsp3) is 0.587. The van der Waals surface area contributed by atoms with E-state index in [2.05, 4.69) is 23.8 Å². The van der Waals surface area contributed by atoms with Crippen LogP contribution in [0.1, 0.15) is 114 Å². The SMILES string of the molecule is C=CCCCCCCCCCNC(Cc1ccccc1)C(=O)OCC(O)COCC(O)COC(=O)C(Cc1ccccc1)NC(=O)CCCCCCCCC=C. The maximum Gasteiger partial charge on any atom is 0.329 e. The summed E-state index contributed by atoms with van der Waals surface area (Å²) < 4.78 is 16.3. The van der Waals surface area contributed by atoms with Crippen LogP contribution in [0.4, 0.5) is 0 Å². The second-order valence-corrected chi connectivity index (χ2v) is 14.6. The summed E-state index contributed by atoms with van der Waals surface area (Å²) in [5, 5.41) is 27.1. The van der Waals surface area contributed by atoms with E-state index in [4.69, 9.17) is 14.2 Å². The van der Waals surface area contributed by atoms with Gasteiger partial charge < -0.3 is 35.1 Å². The van der Waals surface area contributed by atoms with Crippen LogP contribution < -0.4 is 10.6 Å². The third-order valence-corrected chi connectivity index (χ3v) is 9.46. The largest absolute Gasteiger partial charge is 0.462 e. The lowest BCUT2D eigenvalue weighted by Crippen LogP contribution is -2.44. The minimum Gasteiger partial charge on any atom is -0.462 e. The van der Waals surface area contributed by atoms with E-state index in [1.54, 1.807) is 0 Å². The second-order valence-electron chi connectivity index (χ2n) is 14.6. The highest BCUT2D eigenvalue weighted by Gasteiger charge is 2.24. The molecule has 0 saturated carbocycles. The van der Waals surface area contributed by atoms with Crippen molar-refractivity contribution in [3.05, 3.63) is 97.1 Å². The zero-order chi connectivity index (χ0) is 40.5. The molecule has 0 saturated heterocycles. The first-order valence-corrected chi connectivity index (χ1v) is 20.9. The van der Waals surface area contributed by atoms with Crippen LogP contribution in [0.3, 0.4) is 0 Å². The van der Waals surface area contributed by atoms with Gasteiger partial charge in [-0.25, -0.2) is 4.79 Å². The molecule has 0 spiro atoms. The number of hydrogen-bond donors (Lipinski definition) is 4. The van der Waals surface area contributed by atoms with Crippen LogP contribution in [0.15, 0.2) is 86.0 Å². The number of carbonyl (C=O) groups is 3. The molecule has 1 amide bonds. The Labute approximate surface area is 336 Å². The molecule has 2 aromatic carbocycles. The molecule has 0 fully saturated rings. The van der Waals surface area contributed by atoms with E-state index in [1.807, 2.05) is 72.8 Å². The molecule has 0 aromatic heterocycles. The first-order valence-electron chi connectivity index (χ1n) is 20.9. The first-order chi connectivity index (χ1) is 27.3. The number of aliphatic hydroxyl groups is 2. The van der Waals surface area contributed by atoms with Gasteiger partial charge in [0.25, 0.3) is 0 Å². The van der Waals surface area contributed by atoms with E-state index in [-0.39, 0.29) is 38.8 Å². The van der Waals surface area contributed by atoms with Crippen molar-refractivity contribution in [3.8, 4) is 0 Å². The van der Waals surface area contributed by atoms with Crippen LogP contribution in [0, 0.1) is 0 Å². The van der Waals surface area contributed by atoms with Crippen molar-refractivity contribution in [3.63, 3.8) is 0 Å². The van der Waals surface area contributed by atoms with Crippen molar-refractivity contribution < 1.29 is 38.8 Å². The molecule has 0 radical (unpaired) electrons. The molecule has 0 aliphatic carbocycles. The molecular formula is C46H70N2O8. The molecule has 312 valence electrons. The Balaban J connectivity index is 1.72. The quantitative estimate of drug-likeness (QED) is 0.0321. The Kier molecular flexibility index (Phi) is 27.8. The molecule has 4 unspecified atom stereocenters. The minimum absolute atomic E-state index is 0.190. The molecule has 2 aromatic rings. The van der Waals surface area contributed by atoms with E-state index in [9.17, 15) is 24.6 Å². The van der Waals surface area contributed by atoms with E-state index in [0.717, 1.165) is 81.8 Å². The van der Waals surface area contributed by atoms with Crippen molar-refractivity contribution in [2.24, 2.45) is 0 Å². The van der Waals surface area contributed by atoms with Crippen LogP contribution in [-0.4, -0.2) is 85.3 Å². The van der Waals surface area contributed by atoms with Gasteiger partial charge in [0.05, 0.1) is 13.2 Å². The van der Waals surface area contributed by atoms with Gasteiger partial charge in [0.1, 0.15) is 37.5 Å². The monoisotopic (exact) mass is 779 g/mol. The van der Waals surface area contributed by atoms with Crippen LogP contribution in [0.25, 0.3) is 0 Å². The molecule has 0 aliphatic rings. The number of unbranched alkanes of at least 4 members (excludes halogenated alkanes) is 13. The van der Waals surface area contributed by atoms with Gasteiger partial charge in [-0.1, -0.05) is 131 Å². The van der Waals surface area contributed by atoms with Crippen molar-refractivity contribution in [2.75, 3.05) is 33.0 Å². The molecule has 10 nitrogen and oxygen atoms in total. The Morgan fingerprint density at radius 1 is 0.571 bits per heavy atom. The predicted octanol–water partition coefficient (Wildman–Crippen LogP) is 7.35. The number of amides is 1. The van der Waals surface area contributed by atoms with Crippen LogP contribution in [0.2, 0.25) is 0 Å². The minimum atomic E-state index is -1.16. The highest BCUT2D eigenvalue weighted by atomic mass is 16.6. The summed E-state index contributed by atoms with van der Waals surface area (Å²) in [5.74, 6) is -1.31. The molecule has 0 bridgehead atoms. The molecule has 0 heterocycles. The van der Waals surface area contributed by atoms with Crippen molar-refractivity contribution in [1.29, 1.82) is 0 Å². The summed E-state index contributed by atoms with van der Waals surface area (Å²) >= 11 is 0. The Bertz CT molecular complexity index is 1320. The molecule has 2 rings (SSSR count). The first kappa shape index (κ1) is 48.3. The Morgan fingerprint density at radius 3 is 1.50 bits per heavy atom. The zero-order valence-electron chi connectivity index (χ0n) is 33.8. The number of hydrogen-bond acceptors (Lipinski definition) is 9. The van der Waals surface area contributed by atoms with Crippen molar-refractivity contribution in [2.45, 2.75) is 140 Å². The Hall–Kier alpha value is -3.83. The van der Waals surface area contributed by atoms with Gasteiger partial charge >= 0.3 is 11.9 Å². The van der Waals surface area contributed by atoms with E-state index < -0.39 is 36.2 Å². The summed E-state index contributed by atoms with van der Waals surface area (Å²) in [7, 11) is 0. The number of nitrogens with one attached hydrogen (secondary N) is 2. The number of rotatable bonds is 35. The fourth-order valence-electron chi connectivity index (χ4n) is 6.25. The lowest BCUT2D eigenvalue weighted by molar-refractivity contribution is -0.152. The maximum absolute atomic E-state index is 13.1. The normalized spacial score (nSPS) is 13.2. The number of aliphatic hydroxyl groups excluding tert-OH is 2. The van der Waals surface area contributed by atoms with Gasteiger partial charge in [-0.2, -0.15) is 0 Å². The average Bonchev–Trinajstić information content (AvgIpc) is 3.20. The van der Waals surface area contributed by atoms with E-state index >= 15 is 0 Å². The van der Waals surface area contributed by atoms with Gasteiger partial charge in [-0.3, -0.25) is 9.59 Å². The standard InChI is InChI=1S/C46H70N2O8/c1-3-5-7-9-11-13-15-17-25-31-47-42(32-38-26-20-18-21-27-38)45(52)55-36-40(49)34-54-35-41(50)37-56-46(53)43(33-39-28-22-19-23-29-39)48-44(51)30-24-16-14-12-10-8-6-4-2/h3-4,18-23,26-29,40-43,47,49-50H,1-2,5-17,24-25,30-37H2,(H,48,51). The fourth-order valence-corrected chi connectivity index (χ4v) is 6.25. The molecular weight excluding hydrogens is 709 g/mol. The Morgan fingerprint density at radius 2 is 1.00 bits per heavy atom. The number of benzene rings is 2. The van der Waals surface area contributed by atoms with Crippen molar-refractivity contribution >= 4 is 17.8 Å². The smallest absolute Gasteiger partial charge is 0.329 e. The summed E-state index contributed by atoms with van der Waals surface area (Å²) in [5.41, 5.74) is 1.87. The van der Waals surface area contributed by atoms with E-state index in [1.165, 1.54) is 25.7 Å². The molecule has 4 atom stereocenters. The van der Waals surface area contributed by atoms with Crippen LogP contribution in [0.5, 0.6) is 0 Å². The second kappa shape index (κ2) is 32.3. The highest BCUT2D eigenvalue weighted by molar-refractivity contribution is 5.84. The lowest BCUT2D eigenvalue weighted by Gasteiger charge is -2.20. The summed E-state index contributed by atoms with van der Waals surface area (Å²) in [6.45, 7) is 7.19. The number of esters is 2. The zero-order valence-corrected chi connectivity index (χ0v) is 33.8. The van der Waals surface area contributed by atoms with Gasteiger partial charge in [-0.05, 0) is 62.6 Å². The molecule has 4 N–H and O–H groups in total. The van der Waals surface area contributed by atoms with Crippen molar-refractivity contribution in [1.82, 2.24) is 10.6 Å². The van der Waals surface area contributed by atoms with Gasteiger partial charge in [-0.15, -0.1) is 13.2 Å². The number of allylic oxidation sites excluding steroid dienone is 2. The molecule has 56 heavy (non-hydrogen) atoms. The van der Waals surface area contributed by atoms with E-state index in [0.29, 0.717) is 19.4 Å². The van der Waals surface area contributed by atoms with Gasteiger partial charge in [0, 0.05) is 12.8 Å². The topological polar surface area (TPSA) is 143 Å². The average molecular weight is 779 g/mol. The summed E-state index contributed by atoms with van der Waals surface area (Å²) in [6.07, 6.45) is 19.0. The summed E-state index contributed by atoms with van der Waals surface area (Å²) in [4.78, 5) is 38.9. The van der Waals surface area contributed by atoms with Gasteiger partial charge in [0.15, 0.2) is 0 Å². The summed E-state index contributed by atoms with van der Waals surface area (Å²) in [6, 6.07) is 17.6. The third-order valence-electron chi connectivity index (χ3n) is 9.46. The number of ether oxygens (including phenoxy) is 3. The number of carbonyl (C=O) groups excluding carboxylic acids is 3. The van der Waals surface area contributed by atoms with Crippen LogP contribution in [-0.2, 0) is 41.4 Å². The highest BCUT2D eigenvalue weighted by Crippen LogP contribution is 2.12. The maximum atomic E-state index is 13.1. The lowest BCUT2D eigenvalue weighted by atomic mass is 10.0. The molecule has 0 aliphatic heterocycles. The van der Waals surface area contributed by atoms with Crippen LogP contribution >= 0.6 is 0 Å². The third kappa shape index (κ3) is 24.6. The predicted molar refractivity (Wildman–Crippen MR) is 223 cm³/mol.